The number of hydrogen-bond donors (Lipinski definition) is 6. The molecule has 13 heteroatoms. The number of aliphatic hydroxyl groups excluding tert-OH is 5. The van der Waals surface area contributed by atoms with Crippen LogP contribution in [-0.4, -0.2) is 90.3 Å². The molecule has 1 heterocycles. The maximum atomic E-state index is 11.8. The van der Waals surface area contributed by atoms with E-state index >= 15 is 0 Å². The number of aliphatic hydroxyl groups is 5. The van der Waals surface area contributed by atoms with Gasteiger partial charge in [0, 0.05) is 0 Å². The Morgan fingerprint density at radius 3 is 2.36 bits per heavy atom. The first-order valence-electron chi connectivity index (χ1n) is 7.48. The molecule has 1 rings (SSSR count). The maximum absolute atomic E-state index is 11.8. The van der Waals surface area contributed by atoms with Crippen molar-refractivity contribution in [3.8, 4) is 0 Å². The minimum atomic E-state index is -5.16. The second-order valence-corrected chi connectivity index (χ2v) is 7.96. The predicted octanol–water partition coefficient (Wildman–Crippen LogP) is -2.22. The van der Waals surface area contributed by atoms with Crippen LogP contribution in [-0.2, 0) is 15.0 Å². The first-order chi connectivity index (χ1) is 11.5. The molecule has 0 saturated carbocycles. The summed E-state index contributed by atoms with van der Waals surface area (Å²) in [5.41, 5.74) is -1.42. The van der Waals surface area contributed by atoms with Gasteiger partial charge in [-0.2, -0.15) is 0 Å². The Labute approximate surface area is 149 Å². The zero-order chi connectivity index (χ0) is 19.4. The fraction of sp³-hybridized carbons (Fsp3) is 0.917. The molecule has 1 fully saturated rings. The third-order valence-corrected chi connectivity index (χ3v) is 5.53. The Morgan fingerprint density at radius 2 is 1.88 bits per heavy atom. The Kier molecular flexibility index (Phi) is 8.50. The molecule has 1 saturated heterocycles. The number of hydrogen-bond acceptors (Lipinski definition) is 10. The minimum Gasteiger partial charge on any atom is -0.605 e. The highest BCUT2D eigenvalue weighted by molar-refractivity contribution is 8.14. The number of thioether (sulfide) groups is 1. The van der Waals surface area contributed by atoms with Crippen molar-refractivity contribution < 1.29 is 47.4 Å². The first-order valence-corrected chi connectivity index (χ1v) is 9.76. The highest BCUT2D eigenvalue weighted by Gasteiger charge is 2.45. The van der Waals surface area contributed by atoms with Crippen LogP contribution in [0, 0.1) is 5.21 Å². The van der Waals surface area contributed by atoms with Gasteiger partial charge in [0.2, 0.25) is 5.04 Å². The van der Waals surface area contributed by atoms with Gasteiger partial charge in [0.25, 0.3) is 0 Å². The summed E-state index contributed by atoms with van der Waals surface area (Å²) >= 11 is 0.364. The lowest BCUT2D eigenvalue weighted by Gasteiger charge is -2.39. The molecule has 0 aromatic heterocycles. The summed E-state index contributed by atoms with van der Waals surface area (Å²) in [4.78, 5) is 0. The van der Waals surface area contributed by atoms with E-state index in [-0.39, 0.29) is 6.42 Å². The standard InChI is InChI=1S/C12H23NO10S2/c1-2-3-6(15)4-8(13(19)25(20,21)22)24-12-11(18)10(17)9(16)7(5-14)23-12/h6-7,9-12,14-18H,2-5H2,1H3,(H,20,21,22). The zero-order valence-electron chi connectivity index (χ0n) is 13.4. The summed E-state index contributed by atoms with van der Waals surface area (Å²) in [6, 6.07) is 0. The van der Waals surface area contributed by atoms with Gasteiger partial charge in [-0.1, -0.05) is 17.5 Å². The van der Waals surface area contributed by atoms with Crippen LogP contribution in [0.4, 0.5) is 0 Å². The molecule has 0 aromatic carbocycles. The smallest absolute Gasteiger partial charge is 0.518 e. The zero-order valence-corrected chi connectivity index (χ0v) is 15.0. The Morgan fingerprint density at radius 1 is 1.28 bits per heavy atom. The van der Waals surface area contributed by atoms with Crippen molar-refractivity contribution in [3.63, 3.8) is 0 Å². The normalized spacial score (nSPS) is 33.0. The van der Waals surface area contributed by atoms with Crippen LogP contribution in [0.1, 0.15) is 26.2 Å². The second kappa shape index (κ2) is 9.43. The molecule has 11 nitrogen and oxygen atoms in total. The quantitative estimate of drug-likeness (QED) is 0.0671. The first kappa shape index (κ1) is 22.5. The van der Waals surface area contributed by atoms with E-state index in [2.05, 4.69) is 0 Å². The van der Waals surface area contributed by atoms with Gasteiger partial charge in [-0.25, -0.2) is 4.55 Å². The molecule has 1 aliphatic rings. The molecule has 0 aliphatic carbocycles. The third kappa shape index (κ3) is 6.01. The van der Waals surface area contributed by atoms with Gasteiger partial charge in [0.15, 0.2) is 0 Å². The second-order valence-electron chi connectivity index (χ2n) is 5.56. The Hall–Kier alpha value is -0.510. The lowest BCUT2D eigenvalue weighted by molar-refractivity contribution is -0.290. The van der Waals surface area contributed by atoms with E-state index in [1.165, 1.54) is 0 Å². The largest absolute Gasteiger partial charge is 0.605 e. The molecule has 0 spiro atoms. The van der Waals surface area contributed by atoms with Crippen LogP contribution in [0.15, 0.2) is 0 Å². The summed E-state index contributed by atoms with van der Waals surface area (Å²) in [5, 5.41) is 59.5. The molecule has 6 N–H and O–H groups in total. The molecule has 0 amide bonds. The van der Waals surface area contributed by atoms with Gasteiger partial charge in [-0.05, 0) is 18.2 Å². The van der Waals surface area contributed by atoms with Crippen LogP contribution in [0.5, 0.6) is 0 Å². The van der Waals surface area contributed by atoms with Crippen molar-refractivity contribution in [3.05, 3.63) is 5.21 Å². The van der Waals surface area contributed by atoms with Crippen molar-refractivity contribution in [1.82, 2.24) is 0 Å². The average molecular weight is 405 g/mol. The van der Waals surface area contributed by atoms with Crippen molar-refractivity contribution in [1.29, 1.82) is 0 Å². The summed E-state index contributed by atoms with van der Waals surface area (Å²) in [5.74, 6) is 0. The van der Waals surface area contributed by atoms with Crippen LogP contribution < -0.4 is 0 Å². The molecule has 0 radical (unpaired) electrons. The van der Waals surface area contributed by atoms with Crippen LogP contribution >= 0.6 is 11.8 Å². The number of rotatable bonds is 7. The lowest BCUT2D eigenvalue weighted by Crippen LogP contribution is -2.57. The topological polar surface area (TPSA) is 191 Å². The SMILES string of the molecule is CCCC(O)CC(SC1OC(CO)C(O)C(O)C1O)=[N+]([O-])S(=O)(=O)O. The number of ether oxygens (including phenoxy) is 1. The van der Waals surface area contributed by atoms with Gasteiger partial charge in [-0.3, -0.25) is 0 Å². The molecular formula is C12H23NO10S2. The fourth-order valence-corrected chi connectivity index (χ4v) is 4.12. The van der Waals surface area contributed by atoms with E-state index in [1.54, 1.807) is 6.92 Å². The molecule has 6 unspecified atom stereocenters. The van der Waals surface area contributed by atoms with Gasteiger partial charge in [-0.15, -0.1) is 8.42 Å². The molecule has 0 bridgehead atoms. The fourth-order valence-electron chi connectivity index (χ4n) is 2.23. The van der Waals surface area contributed by atoms with Crippen molar-refractivity contribution in [2.75, 3.05) is 6.61 Å². The van der Waals surface area contributed by atoms with Crippen LogP contribution in [0.25, 0.3) is 0 Å². The molecule has 1 aliphatic heterocycles. The van der Waals surface area contributed by atoms with Crippen LogP contribution in [0.2, 0.25) is 0 Å². The Balaban J connectivity index is 3.08. The molecule has 6 atom stereocenters. The highest BCUT2D eigenvalue weighted by atomic mass is 32.2. The van der Waals surface area contributed by atoms with E-state index < -0.39 is 68.5 Å². The maximum Gasteiger partial charge on any atom is 0.518 e. The summed E-state index contributed by atoms with van der Waals surface area (Å²) in [6.07, 6.45) is -7.03. The predicted molar refractivity (Wildman–Crippen MR) is 87.1 cm³/mol. The number of nitrogens with zero attached hydrogens (tertiary/aromatic N) is 1. The molecule has 0 aromatic rings. The van der Waals surface area contributed by atoms with Crippen molar-refractivity contribution >= 4 is 27.1 Å². The molecular weight excluding hydrogens is 382 g/mol. The van der Waals surface area contributed by atoms with Gasteiger partial charge in [0.05, 0.1) is 19.1 Å². The van der Waals surface area contributed by atoms with E-state index in [0.29, 0.717) is 18.2 Å². The summed E-state index contributed by atoms with van der Waals surface area (Å²) in [7, 11) is -5.16. The summed E-state index contributed by atoms with van der Waals surface area (Å²) < 4.78 is 35.6. The molecule has 25 heavy (non-hydrogen) atoms. The van der Waals surface area contributed by atoms with E-state index in [1.807, 2.05) is 0 Å². The van der Waals surface area contributed by atoms with Crippen molar-refractivity contribution in [2.45, 2.75) is 62.1 Å². The van der Waals surface area contributed by atoms with E-state index in [0.717, 1.165) is 0 Å². The third-order valence-electron chi connectivity index (χ3n) is 3.55. The highest BCUT2D eigenvalue weighted by Crippen LogP contribution is 2.30. The monoisotopic (exact) mass is 405 g/mol. The summed E-state index contributed by atoms with van der Waals surface area (Å²) in [6.45, 7) is 1.06. The van der Waals surface area contributed by atoms with Gasteiger partial charge < -0.3 is 35.5 Å². The van der Waals surface area contributed by atoms with E-state index in [4.69, 9.17) is 14.4 Å². The molecule has 148 valence electrons. The minimum absolute atomic E-state index is 0.248. The Bertz CT molecular complexity index is 566. The van der Waals surface area contributed by atoms with Gasteiger partial charge >= 0.3 is 10.3 Å². The lowest BCUT2D eigenvalue weighted by atomic mass is 10.0. The average Bonchev–Trinajstić information content (AvgIpc) is 2.53. The van der Waals surface area contributed by atoms with Crippen LogP contribution in [0.3, 0.4) is 0 Å². The van der Waals surface area contributed by atoms with Crippen molar-refractivity contribution in [2.24, 2.45) is 0 Å². The van der Waals surface area contributed by atoms with Gasteiger partial charge in [0.1, 0.15) is 29.9 Å². The van der Waals surface area contributed by atoms with E-state index in [9.17, 15) is 34.1 Å².